The van der Waals surface area contributed by atoms with Gasteiger partial charge in [0.15, 0.2) is 0 Å². The standard InChI is InChI=1S/C15H18N2O2S/c1-12(16)13-8-10-15(11-9-13)20(18,19)17(2)14-6-4-3-5-7-14/h3-12H,16H2,1-2H3. The van der Waals surface area contributed by atoms with Crippen molar-refractivity contribution in [3.8, 4) is 0 Å². The van der Waals surface area contributed by atoms with Gasteiger partial charge in [-0.05, 0) is 36.8 Å². The van der Waals surface area contributed by atoms with Crippen molar-refractivity contribution in [3.05, 3.63) is 60.2 Å². The van der Waals surface area contributed by atoms with Crippen molar-refractivity contribution in [2.75, 3.05) is 11.4 Å². The smallest absolute Gasteiger partial charge is 0.264 e. The minimum atomic E-state index is -3.54. The zero-order valence-electron chi connectivity index (χ0n) is 11.5. The summed E-state index contributed by atoms with van der Waals surface area (Å²) in [4.78, 5) is 0.258. The number of hydrogen-bond acceptors (Lipinski definition) is 3. The molecule has 2 aromatic rings. The van der Waals surface area contributed by atoms with Gasteiger partial charge in [-0.3, -0.25) is 4.31 Å². The summed E-state index contributed by atoms with van der Waals surface area (Å²) >= 11 is 0. The fourth-order valence-electron chi connectivity index (χ4n) is 1.88. The predicted molar refractivity (Wildman–Crippen MR) is 81.1 cm³/mol. The third kappa shape index (κ3) is 2.84. The molecule has 0 spiro atoms. The third-order valence-electron chi connectivity index (χ3n) is 3.18. The number of sulfonamides is 1. The Bertz CT molecular complexity index is 665. The zero-order chi connectivity index (χ0) is 14.8. The molecule has 0 saturated carbocycles. The van der Waals surface area contributed by atoms with E-state index in [2.05, 4.69) is 0 Å². The van der Waals surface area contributed by atoms with Crippen LogP contribution in [-0.2, 0) is 10.0 Å². The minimum Gasteiger partial charge on any atom is -0.324 e. The summed E-state index contributed by atoms with van der Waals surface area (Å²) in [6.45, 7) is 1.86. The zero-order valence-corrected chi connectivity index (χ0v) is 12.3. The number of anilines is 1. The van der Waals surface area contributed by atoms with E-state index in [0.29, 0.717) is 5.69 Å². The first kappa shape index (κ1) is 14.6. The summed E-state index contributed by atoms with van der Waals surface area (Å²) in [5.74, 6) is 0. The van der Waals surface area contributed by atoms with Gasteiger partial charge in [-0.2, -0.15) is 0 Å². The van der Waals surface area contributed by atoms with Gasteiger partial charge in [0.05, 0.1) is 10.6 Å². The van der Waals surface area contributed by atoms with Gasteiger partial charge in [0.1, 0.15) is 0 Å². The molecule has 0 aliphatic heterocycles. The monoisotopic (exact) mass is 290 g/mol. The molecule has 0 aliphatic rings. The van der Waals surface area contributed by atoms with Crippen LogP contribution < -0.4 is 10.0 Å². The van der Waals surface area contributed by atoms with Crippen LogP contribution in [0.25, 0.3) is 0 Å². The van der Waals surface area contributed by atoms with Crippen LogP contribution in [0.3, 0.4) is 0 Å². The molecule has 0 saturated heterocycles. The Labute approximate surface area is 119 Å². The van der Waals surface area contributed by atoms with Gasteiger partial charge in [-0.1, -0.05) is 30.3 Å². The maximum Gasteiger partial charge on any atom is 0.264 e. The molecule has 2 rings (SSSR count). The maximum absolute atomic E-state index is 12.5. The molecule has 2 N–H and O–H groups in total. The van der Waals surface area contributed by atoms with Crippen molar-refractivity contribution in [3.63, 3.8) is 0 Å². The molecule has 1 atom stereocenters. The number of hydrogen-bond donors (Lipinski definition) is 1. The predicted octanol–water partition coefficient (Wildman–Crippen LogP) is 2.53. The number of rotatable bonds is 4. The summed E-state index contributed by atoms with van der Waals surface area (Å²) < 4.78 is 26.3. The summed E-state index contributed by atoms with van der Waals surface area (Å²) in [6, 6.07) is 15.5. The number of para-hydroxylation sites is 1. The molecule has 0 fully saturated rings. The van der Waals surface area contributed by atoms with E-state index >= 15 is 0 Å². The van der Waals surface area contributed by atoms with E-state index in [1.165, 1.54) is 4.31 Å². The lowest BCUT2D eigenvalue weighted by Crippen LogP contribution is -2.26. The SMILES string of the molecule is CC(N)c1ccc(S(=O)(=O)N(C)c2ccccc2)cc1. The first-order chi connectivity index (χ1) is 9.43. The van der Waals surface area contributed by atoms with Crippen molar-refractivity contribution in [1.82, 2.24) is 0 Å². The Morgan fingerprint density at radius 2 is 1.55 bits per heavy atom. The summed E-state index contributed by atoms with van der Waals surface area (Å²) in [6.07, 6.45) is 0. The van der Waals surface area contributed by atoms with E-state index in [0.717, 1.165) is 5.56 Å². The van der Waals surface area contributed by atoms with Gasteiger partial charge in [0.25, 0.3) is 10.0 Å². The molecule has 0 aromatic heterocycles. The molecular formula is C15H18N2O2S. The molecule has 106 valence electrons. The van der Waals surface area contributed by atoms with Crippen molar-refractivity contribution < 1.29 is 8.42 Å². The first-order valence-corrected chi connectivity index (χ1v) is 7.76. The van der Waals surface area contributed by atoms with E-state index in [-0.39, 0.29) is 10.9 Å². The molecule has 0 aliphatic carbocycles. The molecular weight excluding hydrogens is 272 g/mol. The molecule has 1 unspecified atom stereocenters. The fourth-order valence-corrected chi connectivity index (χ4v) is 3.07. The normalized spacial score (nSPS) is 12.9. The first-order valence-electron chi connectivity index (χ1n) is 6.32. The second-order valence-corrected chi connectivity index (χ2v) is 6.64. The molecule has 2 aromatic carbocycles. The average molecular weight is 290 g/mol. The molecule has 0 heterocycles. The highest BCUT2D eigenvalue weighted by Crippen LogP contribution is 2.22. The van der Waals surface area contributed by atoms with Crippen molar-refractivity contribution in [2.24, 2.45) is 5.73 Å². The Morgan fingerprint density at radius 1 is 1.00 bits per heavy atom. The van der Waals surface area contributed by atoms with Crippen LogP contribution in [0.4, 0.5) is 5.69 Å². The van der Waals surface area contributed by atoms with E-state index < -0.39 is 10.0 Å². The lowest BCUT2D eigenvalue weighted by Gasteiger charge is -2.19. The van der Waals surface area contributed by atoms with Crippen LogP contribution in [0.5, 0.6) is 0 Å². The van der Waals surface area contributed by atoms with Crippen molar-refractivity contribution in [1.29, 1.82) is 0 Å². The number of benzene rings is 2. The second-order valence-electron chi connectivity index (χ2n) is 4.67. The maximum atomic E-state index is 12.5. The molecule has 4 nitrogen and oxygen atoms in total. The van der Waals surface area contributed by atoms with Crippen LogP contribution in [0, 0.1) is 0 Å². The third-order valence-corrected chi connectivity index (χ3v) is 4.98. The quantitative estimate of drug-likeness (QED) is 0.941. The lowest BCUT2D eigenvalue weighted by atomic mass is 10.1. The van der Waals surface area contributed by atoms with E-state index in [4.69, 9.17) is 5.73 Å². The van der Waals surface area contributed by atoms with Crippen LogP contribution in [0.15, 0.2) is 59.5 Å². The van der Waals surface area contributed by atoms with Gasteiger partial charge in [0.2, 0.25) is 0 Å². The van der Waals surface area contributed by atoms with Gasteiger partial charge in [-0.15, -0.1) is 0 Å². The van der Waals surface area contributed by atoms with E-state index in [9.17, 15) is 8.42 Å². The van der Waals surface area contributed by atoms with Gasteiger partial charge in [0, 0.05) is 13.1 Å². The molecule has 0 radical (unpaired) electrons. The Kier molecular flexibility index (Phi) is 4.11. The Balaban J connectivity index is 2.35. The van der Waals surface area contributed by atoms with Gasteiger partial charge >= 0.3 is 0 Å². The highest BCUT2D eigenvalue weighted by atomic mass is 32.2. The summed E-state index contributed by atoms with van der Waals surface area (Å²) in [5, 5.41) is 0. The van der Waals surface area contributed by atoms with Crippen LogP contribution >= 0.6 is 0 Å². The number of nitrogens with two attached hydrogens (primary N) is 1. The largest absolute Gasteiger partial charge is 0.324 e. The van der Waals surface area contributed by atoms with E-state index in [1.54, 1.807) is 55.6 Å². The summed E-state index contributed by atoms with van der Waals surface area (Å²) in [7, 11) is -2.00. The highest BCUT2D eigenvalue weighted by Gasteiger charge is 2.21. The number of nitrogens with zero attached hydrogens (tertiary/aromatic N) is 1. The van der Waals surface area contributed by atoms with Gasteiger partial charge in [-0.25, -0.2) is 8.42 Å². The average Bonchev–Trinajstić information content (AvgIpc) is 2.47. The van der Waals surface area contributed by atoms with Gasteiger partial charge < -0.3 is 5.73 Å². The molecule has 20 heavy (non-hydrogen) atoms. The highest BCUT2D eigenvalue weighted by molar-refractivity contribution is 7.92. The molecule has 0 bridgehead atoms. The van der Waals surface area contributed by atoms with E-state index in [1.807, 2.05) is 13.0 Å². The Morgan fingerprint density at radius 3 is 2.05 bits per heavy atom. The van der Waals surface area contributed by atoms with Crippen LogP contribution in [0.1, 0.15) is 18.5 Å². The fraction of sp³-hybridized carbons (Fsp3) is 0.200. The minimum absolute atomic E-state index is 0.112. The second kappa shape index (κ2) is 5.64. The molecule has 5 heteroatoms. The molecule has 0 amide bonds. The van der Waals surface area contributed by atoms with Crippen LogP contribution in [-0.4, -0.2) is 15.5 Å². The van der Waals surface area contributed by atoms with Crippen molar-refractivity contribution in [2.45, 2.75) is 17.9 Å². The lowest BCUT2D eigenvalue weighted by molar-refractivity contribution is 0.594. The van der Waals surface area contributed by atoms with Crippen molar-refractivity contribution >= 4 is 15.7 Å². The Hall–Kier alpha value is -1.85. The summed E-state index contributed by atoms with van der Waals surface area (Å²) in [5.41, 5.74) is 7.30. The van der Waals surface area contributed by atoms with Crippen LogP contribution in [0.2, 0.25) is 0 Å². The topological polar surface area (TPSA) is 63.4 Å².